The van der Waals surface area contributed by atoms with E-state index < -0.39 is 0 Å². The van der Waals surface area contributed by atoms with E-state index in [1.807, 2.05) is 30.5 Å². The Bertz CT molecular complexity index is 511. The zero-order valence-corrected chi connectivity index (χ0v) is 12.1. The van der Waals surface area contributed by atoms with E-state index in [4.69, 9.17) is 4.74 Å². The van der Waals surface area contributed by atoms with Crippen molar-refractivity contribution < 1.29 is 4.74 Å². The van der Waals surface area contributed by atoms with Crippen LogP contribution in [0.15, 0.2) is 47.2 Å². The molecule has 0 amide bonds. The van der Waals surface area contributed by atoms with Gasteiger partial charge in [-0.2, -0.15) is 0 Å². The fourth-order valence-electron chi connectivity index (χ4n) is 1.75. The lowest BCUT2D eigenvalue weighted by Gasteiger charge is -2.14. The molecule has 2 aromatic rings. The van der Waals surface area contributed by atoms with Gasteiger partial charge in [-0.25, -0.2) is 0 Å². The minimum atomic E-state index is 0.436. The van der Waals surface area contributed by atoms with Crippen LogP contribution >= 0.6 is 15.9 Å². The standard InChI is InChI=1S/C15H16BrNO/c1-11(2)14-8-13(16)5-6-15(14)18-10-12-4-3-7-17-9-12/h3-9,11H,10H2,1-2H3. The molecule has 0 saturated heterocycles. The van der Waals surface area contributed by atoms with Gasteiger partial charge in [0.2, 0.25) is 0 Å². The Morgan fingerprint density at radius 3 is 2.78 bits per heavy atom. The number of benzene rings is 1. The Balaban J connectivity index is 2.14. The van der Waals surface area contributed by atoms with Crippen LogP contribution in [-0.2, 0) is 6.61 Å². The number of hydrogen-bond acceptors (Lipinski definition) is 2. The molecule has 0 aliphatic rings. The van der Waals surface area contributed by atoms with Crippen LogP contribution in [0.1, 0.15) is 30.9 Å². The van der Waals surface area contributed by atoms with Crippen LogP contribution in [0.2, 0.25) is 0 Å². The van der Waals surface area contributed by atoms with Gasteiger partial charge in [0.1, 0.15) is 12.4 Å². The summed E-state index contributed by atoms with van der Waals surface area (Å²) >= 11 is 3.50. The fourth-order valence-corrected chi connectivity index (χ4v) is 2.13. The van der Waals surface area contributed by atoms with Crippen molar-refractivity contribution in [1.29, 1.82) is 0 Å². The molecular weight excluding hydrogens is 290 g/mol. The Morgan fingerprint density at radius 1 is 1.28 bits per heavy atom. The highest BCUT2D eigenvalue weighted by Gasteiger charge is 2.08. The summed E-state index contributed by atoms with van der Waals surface area (Å²) in [6.07, 6.45) is 3.59. The summed E-state index contributed by atoms with van der Waals surface area (Å²) in [5.41, 5.74) is 2.29. The summed E-state index contributed by atoms with van der Waals surface area (Å²) in [5, 5.41) is 0. The van der Waals surface area contributed by atoms with Crippen molar-refractivity contribution in [3.05, 3.63) is 58.3 Å². The minimum Gasteiger partial charge on any atom is -0.489 e. The predicted molar refractivity (Wildman–Crippen MR) is 76.8 cm³/mol. The molecule has 0 fully saturated rings. The number of pyridine rings is 1. The summed E-state index contributed by atoms with van der Waals surface area (Å²) in [4.78, 5) is 4.08. The molecule has 1 aromatic heterocycles. The SMILES string of the molecule is CC(C)c1cc(Br)ccc1OCc1cccnc1. The molecule has 0 aliphatic carbocycles. The van der Waals surface area contributed by atoms with Crippen molar-refractivity contribution in [2.45, 2.75) is 26.4 Å². The van der Waals surface area contributed by atoms with E-state index in [-0.39, 0.29) is 0 Å². The summed E-state index contributed by atoms with van der Waals surface area (Å²) in [7, 11) is 0. The second kappa shape index (κ2) is 6.01. The molecule has 0 atom stereocenters. The predicted octanol–water partition coefficient (Wildman–Crippen LogP) is 4.55. The maximum atomic E-state index is 5.88. The van der Waals surface area contributed by atoms with Crippen molar-refractivity contribution in [3.8, 4) is 5.75 Å². The molecule has 0 bridgehead atoms. The van der Waals surface area contributed by atoms with Gasteiger partial charge in [-0.1, -0.05) is 35.8 Å². The first kappa shape index (κ1) is 13.1. The highest BCUT2D eigenvalue weighted by Crippen LogP contribution is 2.30. The van der Waals surface area contributed by atoms with Crippen LogP contribution in [0.5, 0.6) is 5.75 Å². The molecule has 2 nitrogen and oxygen atoms in total. The van der Waals surface area contributed by atoms with E-state index in [1.54, 1.807) is 6.20 Å². The third kappa shape index (κ3) is 3.33. The smallest absolute Gasteiger partial charge is 0.123 e. The van der Waals surface area contributed by atoms with E-state index in [9.17, 15) is 0 Å². The topological polar surface area (TPSA) is 22.1 Å². The van der Waals surface area contributed by atoms with E-state index in [0.717, 1.165) is 15.8 Å². The molecule has 3 heteroatoms. The fraction of sp³-hybridized carbons (Fsp3) is 0.267. The zero-order valence-electron chi connectivity index (χ0n) is 10.6. The second-order valence-corrected chi connectivity index (χ2v) is 5.40. The minimum absolute atomic E-state index is 0.436. The summed E-state index contributed by atoms with van der Waals surface area (Å²) in [5.74, 6) is 1.38. The zero-order chi connectivity index (χ0) is 13.0. The molecule has 94 valence electrons. The number of rotatable bonds is 4. The molecule has 0 saturated carbocycles. The van der Waals surface area contributed by atoms with E-state index >= 15 is 0 Å². The van der Waals surface area contributed by atoms with Crippen LogP contribution in [-0.4, -0.2) is 4.98 Å². The van der Waals surface area contributed by atoms with Crippen molar-refractivity contribution in [3.63, 3.8) is 0 Å². The van der Waals surface area contributed by atoms with Crippen molar-refractivity contribution >= 4 is 15.9 Å². The largest absolute Gasteiger partial charge is 0.489 e. The van der Waals surface area contributed by atoms with Gasteiger partial charge >= 0.3 is 0 Å². The number of hydrogen-bond donors (Lipinski definition) is 0. The highest BCUT2D eigenvalue weighted by atomic mass is 79.9. The van der Waals surface area contributed by atoms with Gasteiger partial charge in [-0.05, 0) is 35.7 Å². The Hall–Kier alpha value is -1.35. The van der Waals surface area contributed by atoms with Gasteiger partial charge in [-0.15, -0.1) is 0 Å². The number of aromatic nitrogens is 1. The van der Waals surface area contributed by atoms with Crippen LogP contribution in [0, 0.1) is 0 Å². The summed E-state index contributed by atoms with van der Waals surface area (Å²) < 4.78 is 6.96. The quantitative estimate of drug-likeness (QED) is 0.827. The number of halogens is 1. The lowest BCUT2D eigenvalue weighted by atomic mass is 10.0. The molecule has 0 radical (unpaired) electrons. The van der Waals surface area contributed by atoms with Crippen LogP contribution in [0.3, 0.4) is 0 Å². The molecule has 0 spiro atoms. The first-order chi connectivity index (χ1) is 8.66. The van der Waals surface area contributed by atoms with E-state index in [2.05, 4.69) is 40.8 Å². The Labute approximate surface area is 116 Å². The van der Waals surface area contributed by atoms with Gasteiger partial charge in [-0.3, -0.25) is 4.98 Å². The average Bonchev–Trinajstić information content (AvgIpc) is 2.38. The number of nitrogens with zero attached hydrogens (tertiary/aromatic N) is 1. The maximum absolute atomic E-state index is 5.88. The second-order valence-electron chi connectivity index (χ2n) is 4.49. The Morgan fingerprint density at radius 2 is 2.11 bits per heavy atom. The molecular formula is C15H16BrNO. The summed E-state index contributed by atoms with van der Waals surface area (Å²) in [6.45, 7) is 4.88. The molecule has 0 aliphatic heterocycles. The third-order valence-electron chi connectivity index (χ3n) is 2.71. The first-order valence-corrected chi connectivity index (χ1v) is 6.77. The van der Waals surface area contributed by atoms with Gasteiger partial charge < -0.3 is 4.74 Å². The first-order valence-electron chi connectivity index (χ1n) is 5.98. The number of ether oxygens (including phenoxy) is 1. The monoisotopic (exact) mass is 305 g/mol. The van der Waals surface area contributed by atoms with E-state index in [1.165, 1.54) is 5.56 Å². The molecule has 0 N–H and O–H groups in total. The molecule has 18 heavy (non-hydrogen) atoms. The lowest BCUT2D eigenvalue weighted by molar-refractivity contribution is 0.301. The van der Waals surface area contributed by atoms with Crippen LogP contribution in [0.4, 0.5) is 0 Å². The molecule has 1 aromatic carbocycles. The lowest BCUT2D eigenvalue weighted by Crippen LogP contribution is -2.00. The highest BCUT2D eigenvalue weighted by molar-refractivity contribution is 9.10. The van der Waals surface area contributed by atoms with Crippen molar-refractivity contribution in [2.75, 3.05) is 0 Å². The third-order valence-corrected chi connectivity index (χ3v) is 3.20. The van der Waals surface area contributed by atoms with Crippen LogP contribution < -0.4 is 4.74 Å². The van der Waals surface area contributed by atoms with Crippen molar-refractivity contribution in [2.24, 2.45) is 0 Å². The van der Waals surface area contributed by atoms with Gasteiger partial charge in [0, 0.05) is 22.4 Å². The maximum Gasteiger partial charge on any atom is 0.123 e. The van der Waals surface area contributed by atoms with E-state index in [0.29, 0.717) is 12.5 Å². The summed E-state index contributed by atoms with van der Waals surface area (Å²) in [6, 6.07) is 10.1. The van der Waals surface area contributed by atoms with Gasteiger partial charge in [0.05, 0.1) is 0 Å². The normalized spacial score (nSPS) is 10.7. The van der Waals surface area contributed by atoms with Crippen molar-refractivity contribution in [1.82, 2.24) is 4.98 Å². The van der Waals surface area contributed by atoms with Gasteiger partial charge in [0.15, 0.2) is 0 Å². The average molecular weight is 306 g/mol. The van der Waals surface area contributed by atoms with Crippen LogP contribution in [0.25, 0.3) is 0 Å². The molecule has 1 heterocycles. The molecule has 2 rings (SSSR count). The Kier molecular flexibility index (Phi) is 4.37. The molecule has 0 unspecified atom stereocenters. The van der Waals surface area contributed by atoms with Gasteiger partial charge in [0.25, 0.3) is 0 Å².